The number of benzene rings is 3. The molecule has 0 radical (unpaired) electrons. The molecule has 2 N–H and O–H groups in total. The van der Waals surface area contributed by atoms with Crippen LogP contribution >= 0.6 is 11.6 Å². The van der Waals surface area contributed by atoms with Crippen molar-refractivity contribution in [3.63, 3.8) is 0 Å². The Morgan fingerprint density at radius 1 is 0.966 bits per heavy atom. The van der Waals surface area contributed by atoms with E-state index in [0.717, 1.165) is 49.5 Å². The predicted octanol–water partition coefficient (Wildman–Crippen LogP) is 10.5. The molecule has 1 aromatic heterocycles. The van der Waals surface area contributed by atoms with E-state index in [1.54, 1.807) is 18.1 Å². The molecule has 1 aliphatic rings. The first-order valence-electron chi connectivity index (χ1n) is 21.0. The van der Waals surface area contributed by atoms with E-state index in [2.05, 4.69) is 100.0 Å². The van der Waals surface area contributed by atoms with Crippen LogP contribution in [-0.2, 0) is 29.5 Å². The van der Waals surface area contributed by atoms with Gasteiger partial charge in [-0.05, 0) is 103 Å². The molecule has 10 heteroatoms. The summed E-state index contributed by atoms with van der Waals surface area (Å²) in [7, 11) is 1.55. The van der Waals surface area contributed by atoms with E-state index in [-0.39, 0.29) is 10.8 Å². The standard InChI is InChI=1S/C20H33NO.C16H22ClN3O.C12H17NO2/c1-15(12-21-13-16(2)22-17(3)14-21)11-18-9-7-8-10-19(18)20(4,5)6;1-15(2,3)16(21,10-20-12-18-11-19-20)9-8-13-4-6-14(17)7-5-13;1-4-9(2)10-7-5-6-8-11(10)15-12(14)13-3/h7-10,15-17H,11-14H2,1-6H3;4-7,11-12,21H,8-10H2,1-3H3;5-9H,4H2,1-3H3,(H,13,14)/t15?,16-,17+;;. The molecule has 9 nitrogen and oxygen atoms in total. The zero-order valence-electron chi connectivity index (χ0n) is 37.4. The maximum atomic E-state index is 11.1. The van der Waals surface area contributed by atoms with Gasteiger partial charge in [0.2, 0.25) is 0 Å². The van der Waals surface area contributed by atoms with Gasteiger partial charge in [0, 0.05) is 31.7 Å². The molecule has 5 rings (SSSR count). The number of aromatic nitrogens is 3. The van der Waals surface area contributed by atoms with Gasteiger partial charge in [-0.3, -0.25) is 9.58 Å². The molecular weight excluding hydrogens is 746 g/mol. The van der Waals surface area contributed by atoms with Gasteiger partial charge in [0.05, 0.1) is 24.4 Å². The van der Waals surface area contributed by atoms with Crippen LogP contribution in [0.25, 0.3) is 0 Å². The van der Waals surface area contributed by atoms with Crippen molar-refractivity contribution in [1.82, 2.24) is 25.0 Å². The molecule has 2 heterocycles. The van der Waals surface area contributed by atoms with E-state index >= 15 is 0 Å². The molecule has 3 unspecified atom stereocenters. The van der Waals surface area contributed by atoms with Gasteiger partial charge in [0.1, 0.15) is 18.4 Å². The number of para-hydroxylation sites is 1. The highest BCUT2D eigenvalue weighted by Crippen LogP contribution is 2.36. The van der Waals surface area contributed by atoms with Crippen molar-refractivity contribution < 1.29 is 19.4 Å². The Balaban J connectivity index is 0.000000237. The lowest BCUT2D eigenvalue weighted by Gasteiger charge is -2.40. The van der Waals surface area contributed by atoms with Crippen LogP contribution in [0.4, 0.5) is 4.79 Å². The van der Waals surface area contributed by atoms with Crippen LogP contribution in [0.5, 0.6) is 5.75 Å². The summed E-state index contributed by atoms with van der Waals surface area (Å²) in [6.45, 7) is 27.8. The number of carbonyl (C=O) groups excluding carboxylic acids is 1. The SMILES string of the molecule is CC(C)(C)C(O)(CCc1ccc(Cl)cc1)Cn1cncn1.CC(Cc1ccccc1C(C)(C)C)CN1C[C@@H](C)O[C@@H](C)C1.CCC(C)c1ccccc1OC(=O)NC. The van der Waals surface area contributed by atoms with E-state index < -0.39 is 11.7 Å². The molecule has 3 aromatic carbocycles. The summed E-state index contributed by atoms with van der Waals surface area (Å²) >= 11 is 5.90. The molecule has 1 aliphatic heterocycles. The van der Waals surface area contributed by atoms with E-state index in [4.69, 9.17) is 21.1 Å². The third kappa shape index (κ3) is 15.8. The maximum Gasteiger partial charge on any atom is 0.412 e. The summed E-state index contributed by atoms with van der Waals surface area (Å²) in [5.41, 5.74) is 4.34. The summed E-state index contributed by atoms with van der Waals surface area (Å²) in [5.74, 6) is 1.71. The summed E-state index contributed by atoms with van der Waals surface area (Å²) in [4.78, 5) is 17.6. The van der Waals surface area contributed by atoms with Crippen LogP contribution in [0.2, 0.25) is 5.02 Å². The van der Waals surface area contributed by atoms with E-state index in [9.17, 15) is 9.90 Å². The minimum Gasteiger partial charge on any atom is -0.410 e. The van der Waals surface area contributed by atoms with Crippen molar-refractivity contribution in [2.75, 3.05) is 26.7 Å². The molecule has 0 spiro atoms. The number of ether oxygens (including phenoxy) is 2. The zero-order valence-corrected chi connectivity index (χ0v) is 38.1. The lowest BCUT2D eigenvalue weighted by Crippen LogP contribution is -2.47. The number of aryl methyl sites for hydroxylation is 1. The Morgan fingerprint density at radius 2 is 1.59 bits per heavy atom. The summed E-state index contributed by atoms with van der Waals surface area (Å²) in [5, 5.41) is 18.4. The van der Waals surface area contributed by atoms with Crippen molar-refractivity contribution in [2.45, 2.75) is 138 Å². The number of carbonyl (C=O) groups is 1. The van der Waals surface area contributed by atoms with Crippen molar-refractivity contribution in [2.24, 2.45) is 11.3 Å². The Labute approximate surface area is 354 Å². The molecule has 1 fully saturated rings. The highest BCUT2D eigenvalue weighted by atomic mass is 35.5. The average Bonchev–Trinajstić information content (AvgIpc) is 3.67. The third-order valence-electron chi connectivity index (χ3n) is 11.0. The van der Waals surface area contributed by atoms with Crippen LogP contribution in [0.3, 0.4) is 0 Å². The maximum absolute atomic E-state index is 11.1. The molecule has 1 saturated heterocycles. The quantitative estimate of drug-likeness (QED) is 0.147. The Kier molecular flexibility index (Phi) is 18.9. The van der Waals surface area contributed by atoms with Gasteiger partial charge >= 0.3 is 6.09 Å². The summed E-state index contributed by atoms with van der Waals surface area (Å²) < 4.78 is 12.7. The fraction of sp³-hybridized carbons (Fsp3) is 0.562. The molecule has 4 aromatic rings. The highest BCUT2D eigenvalue weighted by molar-refractivity contribution is 6.30. The molecule has 58 heavy (non-hydrogen) atoms. The molecule has 0 aliphatic carbocycles. The van der Waals surface area contributed by atoms with Crippen molar-refractivity contribution >= 4 is 17.7 Å². The van der Waals surface area contributed by atoms with E-state index in [1.807, 2.05) is 69.3 Å². The summed E-state index contributed by atoms with van der Waals surface area (Å²) in [6.07, 6.45) is 7.04. The molecule has 0 bridgehead atoms. The molecular formula is C48H72ClN5O4. The number of nitrogens with zero attached hydrogens (tertiary/aromatic N) is 4. The van der Waals surface area contributed by atoms with Crippen molar-refractivity contribution in [3.05, 3.63) is 113 Å². The number of amides is 1. The van der Waals surface area contributed by atoms with E-state index in [1.165, 1.54) is 23.0 Å². The van der Waals surface area contributed by atoms with Gasteiger partial charge in [0.25, 0.3) is 0 Å². The topological polar surface area (TPSA) is 102 Å². The third-order valence-corrected chi connectivity index (χ3v) is 11.2. The zero-order chi connectivity index (χ0) is 43.1. The van der Waals surface area contributed by atoms with Gasteiger partial charge in [0.15, 0.2) is 0 Å². The first-order valence-corrected chi connectivity index (χ1v) is 21.4. The second-order valence-electron chi connectivity index (χ2n) is 18.2. The fourth-order valence-electron chi connectivity index (χ4n) is 7.37. The monoisotopic (exact) mass is 818 g/mol. The van der Waals surface area contributed by atoms with Gasteiger partial charge in [-0.25, -0.2) is 9.78 Å². The smallest absolute Gasteiger partial charge is 0.410 e. The van der Waals surface area contributed by atoms with Crippen LogP contribution < -0.4 is 10.1 Å². The number of nitrogens with one attached hydrogen (secondary N) is 1. The summed E-state index contributed by atoms with van der Waals surface area (Å²) in [6, 6.07) is 24.3. The second-order valence-corrected chi connectivity index (χ2v) is 18.6. The van der Waals surface area contributed by atoms with Crippen LogP contribution in [0, 0.1) is 11.3 Å². The highest BCUT2D eigenvalue weighted by Gasteiger charge is 2.40. The Bertz CT molecular complexity index is 1780. The van der Waals surface area contributed by atoms with Crippen LogP contribution in [0.1, 0.15) is 117 Å². The molecule has 0 saturated carbocycles. The van der Waals surface area contributed by atoms with Gasteiger partial charge in [-0.1, -0.05) is 129 Å². The van der Waals surface area contributed by atoms with Crippen molar-refractivity contribution in [3.8, 4) is 5.75 Å². The van der Waals surface area contributed by atoms with Crippen LogP contribution in [-0.4, -0.2) is 75.4 Å². The largest absolute Gasteiger partial charge is 0.412 e. The Hall–Kier alpha value is -3.76. The number of hydrogen-bond acceptors (Lipinski definition) is 7. The predicted molar refractivity (Wildman–Crippen MR) is 239 cm³/mol. The van der Waals surface area contributed by atoms with Crippen molar-refractivity contribution in [1.29, 1.82) is 0 Å². The number of hydrogen-bond donors (Lipinski definition) is 2. The average molecular weight is 819 g/mol. The molecule has 5 atom stereocenters. The molecule has 320 valence electrons. The van der Waals surface area contributed by atoms with Gasteiger partial charge in [-0.2, -0.15) is 5.10 Å². The van der Waals surface area contributed by atoms with Crippen LogP contribution in [0.15, 0.2) is 85.5 Å². The lowest BCUT2D eigenvalue weighted by molar-refractivity contribution is -0.0796. The number of aliphatic hydroxyl groups is 1. The number of morpholine rings is 1. The lowest BCUT2D eigenvalue weighted by atomic mass is 9.73. The fourth-order valence-corrected chi connectivity index (χ4v) is 7.50. The first kappa shape index (κ1) is 48.6. The second kappa shape index (κ2) is 22.6. The molecule has 1 amide bonds. The van der Waals surface area contributed by atoms with Gasteiger partial charge in [-0.15, -0.1) is 0 Å². The minimum atomic E-state index is -0.861. The number of halogens is 1. The normalized spacial score (nSPS) is 18.0. The Morgan fingerprint density at radius 3 is 2.16 bits per heavy atom. The van der Waals surface area contributed by atoms with E-state index in [0.29, 0.717) is 42.8 Å². The van der Waals surface area contributed by atoms with Gasteiger partial charge < -0.3 is 19.9 Å². The first-order chi connectivity index (χ1) is 27.2. The minimum absolute atomic E-state index is 0.221. The number of rotatable bonds is 12.